The topological polar surface area (TPSA) is 35.0 Å². The Kier molecular flexibility index (Phi) is 5.04. The van der Waals surface area contributed by atoms with E-state index in [-0.39, 0.29) is 0 Å². The second-order valence-electron chi connectivity index (χ2n) is 9.71. The van der Waals surface area contributed by atoms with Crippen LogP contribution in [0.15, 0.2) is 41.5 Å². The van der Waals surface area contributed by atoms with Crippen LogP contribution in [0.4, 0.5) is 11.4 Å². The molecule has 0 N–H and O–H groups in total. The van der Waals surface area contributed by atoms with Crippen LogP contribution in [0.1, 0.15) is 42.5 Å². The summed E-state index contributed by atoms with van der Waals surface area (Å²) >= 11 is 0. The zero-order chi connectivity index (χ0) is 20.8. The zero-order valence-electron chi connectivity index (χ0n) is 18.6. The van der Waals surface area contributed by atoms with Gasteiger partial charge < -0.3 is 4.90 Å². The van der Waals surface area contributed by atoms with E-state index in [9.17, 15) is 0 Å². The van der Waals surface area contributed by atoms with Crippen molar-refractivity contribution in [1.29, 1.82) is 0 Å². The molecule has 31 heavy (non-hydrogen) atoms. The van der Waals surface area contributed by atoms with Gasteiger partial charge in [0, 0.05) is 63.1 Å². The number of aliphatic imine (C=N–C) groups is 1. The smallest absolute Gasteiger partial charge is 0.0899 e. The Morgan fingerprint density at radius 2 is 1.84 bits per heavy atom. The molecule has 0 amide bonds. The number of nitrogens with zero attached hydrogens (tertiary/aromatic N) is 5. The van der Waals surface area contributed by atoms with Crippen molar-refractivity contribution in [1.82, 2.24) is 14.8 Å². The van der Waals surface area contributed by atoms with Crippen molar-refractivity contribution in [3.63, 3.8) is 0 Å². The predicted molar refractivity (Wildman–Crippen MR) is 126 cm³/mol. The normalized spacial score (nSPS) is 24.5. The Bertz CT molecular complexity index is 987. The number of hydrogen-bond acceptors (Lipinski definition) is 5. The highest BCUT2D eigenvalue weighted by Crippen LogP contribution is 2.40. The highest BCUT2D eigenvalue weighted by Gasteiger charge is 2.34. The van der Waals surface area contributed by atoms with Crippen LogP contribution in [0.2, 0.25) is 0 Å². The summed E-state index contributed by atoms with van der Waals surface area (Å²) in [6.07, 6.45) is 8.21. The van der Waals surface area contributed by atoms with Crippen molar-refractivity contribution >= 4 is 17.1 Å². The fourth-order valence-corrected chi connectivity index (χ4v) is 5.71. The number of benzene rings is 1. The molecule has 0 bridgehead atoms. The summed E-state index contributed by atoms with van der Waals surface area (Å²) in [5.74, 6) is 0. The molecule has 4 heterocycles. The maximum absolute atomic E-state index is 5.29. The van der Waals surface area contributed by atoms with E-state index in [1.165, 1.54) is 72.7 Å². The molecule has 162 valence electrons. The maximum Gasteiger partial charge on any atom is 0.0899 e. The van der Waals surface area contributed by atoms with E-state index in [1.54, 1.807) is 0 Å². The van der Waals surface area contributed by atoms with Crippen molar-refractivity contribution < 1.29 is 0 Å². The molecule has 0 radical (unpaired) electrons. The summed E-state index contributed by atoms with van der Waals surface area (Å²) in [5.41, 5.74) is 7.88. The van der Waals surface area contributed by atoms with Crippen molar-refractivity contribution in [3.8, 4) is 0 Å². The van der Waals surface area contributed by atoms with Crippen molar-refractivity contribution in [2.24, 2.45) is 4.99 Å². The number of piperazine rings is 1. The second-order valence-corrected chi connectivity index (χ2v) is 9.71. The minimum Gasteiger partial charge on any atom is -0.367 e. The first kappa shape index (κ1) is 19.4. The largest absolute Gasteiger partial charge is 0.367 e. The van der Waals surface area contributed by atoms with E-state index in [4.69, 9.17) is 4.99 Å². The van der Waals surface area contributed by atoms with E-state index in [0.717, 1.165) is 38.6 Å². The lowest BCUT2D eigenvalue weighted by Gasteiger charge is -2.36. The minimum atomic E-state index is 0.452. The average molecular weight is 416 g/mol. The molecule has 5 nitrogen and oxygen atoms in total. The Labute approximate surface area is 185 Å². The monoisotopic (exact) mass is 415 g/mol. The first-order valence-corrected chi connectivity index (χ1v) is 12.1. The molecule has 1 aromatic heterocycles. The van der Waals surface area contributed by atoms with Gasteiger partial charge in [-0.1, -0.05) is 18.2 Å². The lowest BCUT2D eigenvalue weighted by Crippen LogP contribution is -2.47. The number of pyridine rings is 1. The van der Waals surface area contributed by atoms with Crippen LogP contribution < -0.4 is 4.90 Å². The molecular weight excluding hydrogens is 382 g/mol. The van der Waals surface area contributed by atoms with Gasteiger partial charge >= 0.3 is 0 Å². The molecule has 1 atom stereocenters. The first-order chi connectivity index (χ1) is 15.3. The second kappa shape index (κ2) is 8.03. The summed E-state index contributed by atoms with van der Waals surface area (Å²) in [6.45, 7) is 8.91. The molecule has 2 saturated heterocycles. The number of para-hydroxylation sites is 1. The Morgan fingerprint density at radius 1 is 0.968 bits per heavy atom. The van der Waals surface area contributed by atoms with Gasteiger partial charge in [-0.2, -0.15) is 0 Å². The molecule has 0 spiro atoms. The number of fused-ring (bicyclic) bond motifs is 1. The van der Waals surface area contributed by atoms with Gasteiger partial charge in [-0.3, -0.25) is 19.8 Å². The van der Waals surface area contributed by atoms with Crippen LogP contribution in [-0.2, 0) is 13.0 Å². The molecule has 3 aliphatic heterocycles. The molecule has 5 heteroatoms. The highest BCUT2D eigenvalue weighted by atomic mass is 15.3. The van der Waals surface area contributed by atoms with Crippen LogP contribution in [0.5, 0.6) is 0 Å². The van der Waals surface area contributed by atoms with Crippen LogP contribution in [-0.4, -0.2) is 65.3 Å². The SMILES string of the molecule is Cc1cccnc1CN1CCCC1C1=Nc2c(cccc2N2CCN(C3CC3)CC2)C1. The standard InChI is InChI=1S/C26H33N5/c1-19-5-3-11-27-23(19)18-31-12-4-8-24(31)22-17-20-6-2-7-25(26(20)28-22)30-15-13-29(14-16-30)21-9-10-21/h2-3,5-7,11,21,24H,4,8-10,12-18H2,1H3. The van der Waals surface area contributed by atoms with Gasteiger partial charge in [-0.15, -0.1) is 0 Å². The van der Waals surface area contributed by atoms with Crippen LogP contribution in [0, 0.1) is 6.92 Å². The number of rotatable bonds is 5. The molecule has 3 fully saturated rings. The zero-order valence-corrected chi connectivity index (χ0v) is 18.6. The molecule has 1 saturated carbocycles. The van der Waals surface area contributed by atoms with E-state index in [0.29, 0.717) is 6.04 Å². The summed E-state index contributed by atoms with van der Waals surface area (Å²) in [6, 6.07) is 12.4. The third-order valence-corrected chi connectivity index (χ3v) is 7.66. The van der Waals surface area contributed by atoms with Gasteiger partial charge in [0.25, 0.3) is 0 Å². The van der Waals surface area contributed by atoms with E-state index >= 15 is 0 Å². The van der Waals surface area contributed by atoms with Crippen molar-refractivity contribution in [2.45, 2.75) is 57.7 Å². The summed E-state index contributed by atoms with van der Waals surface area (Å²) in [5, 5.41) is 0. The summed E-state index contributed by atoms with van der Waals surface area (Å²) in [4.78, 5) is 17.8. The van der Waals surface area contributed by atoms with Gasteiger partial charge in [0.2, 0.25) is 0 Å². The minimum absolute atomic E-state index is 0.452. The highest BCUT2D eigenvalue weighted by molar-refractivity contribution is 6.00. The average Bonchev–Trinajstić information content (AvgIpc) is 3.39. The summed E-state index contributed by atoms with van der Waals surface area (Å²) in [7, 11) is 0. The van der Waals surface area contributed by atoms with Crippen molar-refractivity contribution in [2.75, 3.05) is 37.6 Å². The lowest BCUT2D eigenvalue weighted by atomic mass is 10.0. The first-order valence-electron chi connectivity index (χ1n) is 12.1. The molecule has 1 aliphatic carbocycles. The summed E-state index contributed by atoms with van der Waals surface area (Å²) < 4.78 is 0. The fourth-order valence-electron chi connectivity index (χ4n) is 5.71. The third kappa shape index (κ3) is 3.79. The number of hydrogen-bond donors (Lipinski definition) is 0. The van der Waals surface area contributed by atoms with Crippen LogP contribution in [0.25, 0.3) is 0 Å². The van der Waals surface area contributed by atoms with Crippen LogP contribution >= 0.6 is 0 Å². The number of aryl methyl sites for hydroxylation is 1. The third-order valence-electron chi connectivity index (χ3n) is 7.66. The van der Waals surface area contributed by atoms with E-state index < -0.39 is 0 Å². The molecule has 4 aliphatic rings. The Balaban J connectivity index is 1.20. The van der Waals surface area contributed by atoms with E-state index in [2.05, 4.69) is 50.9 Å². The van der Waals surface area contributed by atoms with Gasteiger partial charge in [-0.05, 0) is 62.4 Å². The quantitative estimate of drug-likeness (QED) is 0.740. The molecule has 1 unspecified atom stereocenters. The van der Waals surface area contributed by atoms with Gasteiger partial charge in [0.15, 0.2) is 0 Å². The van der Waals surface area contributed by atoms with Crippen LogP contribution in [0.3, 0.4) is 0 Å². The molecule has 1 aromatic carbocycles. The van der Waals surface area contributed by atoms with Gasteiger partial charge in [-0.25, -0.2) is 0 Å². The van der Waals surface area contributed by atoms with Crippen molar-refractivity contribution in [3.05, 3.63) is 53.3 Å². The molecular formula is C26H33N5. The lowest BCUT2D eigenvalue weighted by molar-refractivity contribution is 0.248. The fraction of sp³-hybridized carbons (Fsp3) is 0.538. The van der Waals surface area contributed by atoms with E-state index in [1.807, 2.05) is 12.3 Å². The van der Waals surface area contributed by atoms with Gasteiger partial charge in [0.05, 0.1) is 17.1 Å². The molecule has 2 aromatic rings. The Hall–Kier alpha value is -2.24. The number of aromatic nitrogens is 1. The number of anilines is 1. The van der Waals surface area contributed by atoms with Gasteiger partial charge in [0.1, 0.15) is 0 Å². The Morgan fingerprint density at radius 3 is 2.65 bits per heavy atom. The molecule has 6 rings (SSSR count). The maximum atomic E-state index is 5.29. The predicted octanol–water partition coefficient (Wildman–Crippen LogP) is 3.97. The number of likely N-dealkylation sites (tertiary alicyclic amines) is 1.